The third-order valence-corrected chi connectivity index (χ3v) is 5.39. The fourth-order valence-corrected chi connectivity index (χ4v) is 4.14. The van der Waals surface area contributed by atoms with E-state index in [0.29, 0.717) is 11.3 Å². The van der Waals surface area contributed by atoms with E-state index in [2.05, 4.69) is 9.97 Å². The van der Waals surface area contributed by atoms with Crippen molar-refractivity contribution in [2.45, 2.75) is 10.1 Å². The molecule has 0 fully saturated rings. The first kappa shape index (κ1) is 13.6. The largest absolute Gasteiger partial charge is 0.291 e. The van der Waals surface area contributed by atoms with Crippen molar-refractivity contribution in [2.75, 3.05) is 0 Å². The monoisotopic (exact) mass is 334 g/mol. The SMILES string of the molecule is Fc1ccc2ncc(SSc3cnc4ccc(F)cn34)n2c1. The number of fused-ring (bicyclic) bond motifs is 2. The molecule has 0 aliphatic rings. The van der Waals surface area contributed by atoms with Crippen molar-refractivity contribution in [3.63, 3.8) is 0 Å². The Kier molecular flexibility index (Phi) is 3.27. The molecule has 4 aromatic heterocycles. The molecular formula is C14H8F2N4S2. The lowest BCUT2D eigenvalue weighted by atomic mass is 10.5. The summed E-state index contributed by atoms with van der Waals surface area (Å²) in [6.07, 6.45) is 6.13. The molecule has 0 bridgehead atoms. The van der Waals surface area contributed by atoms with Crippen molar-refractivity contribution < 1.29 is 8.78 Å². The van der Waals surface area contributed by atoms with Crippen LogP contribution in [-0.4, -0.2) is 18.8 Å². The van der Waals surface area contributed by atoms with E-state index in [1.807, 2.05) is 0 Å². The molecule has 0 saturated heterocycles. The summed E-state index contributed by atoms with van der Waals surface area (Å²) in [5, 5.41) is 1.57. The molecule has 22 heavy (non-hydrogen) atoms. The summed E-state index contributed by atoms with van der Waals surface area (Å²) < 4.78 is 30.0. The van der Waals surface area contributed by atoms with Gasteiger partial charge in [0, 0.05) is 12.4 Å². The molecule has 0 amide bonds. The van der Waals surface area contributed by atoms with Gasteiger partial charge in [-0.25, -0.2) is 18.7 Å². The predicted octanol–water partition coefficient (Wildman–Crippen LogP) is 4.06. The zero-order valence-electron chi connectivity index (χ0n) is 11.0. The van der Waals surface area contributed by atoms with Crippen molar-refractivity contribution in [1.82, 2.24) is 18.8 Å². The van der Waals surface area contributed by atoms with E-state index in [1.165, 1.54) is 46.1 Å². The minimum absolute atomic E-state index is 0.325. The highest BCUT2D eigenvalue weighted by Gasteiger charge is 2.09. The van der Waals surface area contributed by atoms with Gasteiger partial charge in [0.15, 0.2) is 0 Å². The second-order valence-electron chi connectivity index (χ2n) is 4.51. The minimum atomic E-state index is -0.325. The van der Waals surface area contributed by atoms with E-state index in [4.69, 9.17) is 0 Å². The molecule has 110 valence electrons. The molecule has 4 heterocycles. The molecule has 0 N–H and O–H groups in total. The van der Waals surface area contributed by atoms with Gasteiger partial charge in [0.05, 0.1) is 12.4 Å². The highest BCUT2D eigenvalue weighted by atomic mass is 33.1. The van der Waals surface area contributed by atoms with Gasteiger partial charge in [-0.3, -0.25) is 8.80 Å². The van der Waals surface area contributed by atoms with Crippen LogP contribution >= 0.6 is 21.6 Å². The Hall–Kier alpha value is -2.06. The van der Waals surface area contributed by atoms with Gasteiger partial charge in [-0.1, -0.05) is 0 Å². The fraction of sp³-hybridized carbons (Fsp3) is 0. The van der Waals surface area contributed by atoms with E-state index in [-0.39, 0.29) is 11.6 Å². The summed E-state index contributed by atoms with van der Waals surface area (Å²) in [7, 11) is 2.82. The summed E-state index contributed by atoms with van der Waals surface area (Å²) in [5.41, 5.74) is 1.35. The van der Waals surface area contributed by atoms with Crippen LogP contribution in [-0.2, 0) is 0 Å². The number of aromatic nitrogens is 4. The van der Waals surface area contributed by atoms with Crippen LogP contribution in [0.15, 0.2) is 59.1 Å². The second kappa shape index (κ2) is 5.29. The normalized spacial score (nSPS) is 11.5. The Morgan fingerprint density at radius 2 is 1.18 bits per heavy atom. The summed E-state index contributed by atoms with van der Waals surface area (Å²) in [4.78, 5) is 8.43. The Balaban J connectivity index is 1.65. The van der Waals surface area contributed by atoms with E-state index >= 15 is 0 Å². The van der Waals surface area contributed by atoms with Crippen LogP contribution < -0.4 is 0 Å². The molecule has 0 spiro atoms. The minimum Gasteiger partial charge on any atom is -0.291 e. The van der Waals surface area contributed by atoms with Crippen molar-refractivity contribution >= 4 is 32.9 Å². The quantitative estimate of drug-likeness (QED) is 0.529. The van der Waals surface area contributed by atoms with Crippen LogP contribution in [0.5, 0.6) is 0 Å². The maximum Gasteiger partial charge on any atom is 0.139 e. The van der Waals surface area contributed by atoms with Crippen LogP contribution in [0.2, 0.25) is 0 Å². The van der Waals surface area contributed by atoms with Crippen LogP contribution in [0.3, 0.4) is 0 Å². The van der Waals surface area contributed by atoms with Crippen molar-refractivity contribution in [3.8, 4) is 0 Å². The number of rotatable bonds is 3. The number of hydrogen-bond acceptors (Lipinski definition) is 4. The summed E-state index contributed by atoms with van der Waals surface area (Å²) in [6, 6.07) is 5.98. The van der Waals surface area contributed by atoms with Crippen LogP contribution in [0.25, 0.3) is 11.3 Å². The molecule has 0 aliphatic heterocycles. The van der Waals surface area contributed by atoms with Crippen molar-refractivity contribution in [1.29, 1.82) is 0 Å². The lowest BCUT2D eigenvalue weighted by Gasteiger charge is -2.02. The molecule has 0 unspecified atom stereocenters. The number of imidazole rings is 2. The molecule has 0 aliphatic carbocycles. The van der Waals surface area contributed by atoms with Gasteiger partial charge < -0.3 is 0 Å². The fourth-order valence-electron chi connectivity index (χ4n) is 2.07. The molecule has 4 nitrogen and oxygen atoms in total. The first-order valence-corrected chi connectivity index (χ1v) is 8.45. The third-order valence-electron chi connectivity index (χ3n) is 3.08. The second-order valence-corrected chi connectivity index (χ2v) is 6.68. The smallest absolute Gasteiger partial charge is 0.139 e. The third kappa shape index (κ3) is 2.34. The number of hydrogen-bond donors (Lipinski definition) is 0. The summed E-state index contributed by atoms with van der Waals surface area (Å²) >= 11 is 0. The Morgan fingerprint density at radius 3 is 1.64 bits per heavy atom. The molecule has 8 heteroatoms. The number of nitrogens with zero attached hydrogens (tertiary/aromatic N) is 4. The zero-order chi connectivity index (χ0) is 15.1. The molecule has 0 atom stereocenters. The lowest BCUT2D eigenvalue weighted by molar-refractivity contribution is 0.616. The maximum atomic E-state index is 13.3. The average molecular weight is 334 g/mol. The Labute approximate surface area is 131 Å². The summed E-state index contributed by atoms with van der Waals surface area (Å²) in [6.45, 7) is 0. The molecular weight excluding hydrogens is 326 g/mol. The highest BCUT2D eigenvalue weighted by Crippen LogP contribution is 2.37. The van der Waals surface area contributed by atoms with Gasteiger partial charge in [-0.05, 0) is 45.9 Å². The standard InChI is InChI=1S/C14H8F2N4S2/c15-9-1-3-11-17-5-13(19(11)7-9)21-22-14-6-18-12-4-2-10(16)8-20(12)14/h1-8H. The van der Waals surface area contributed by atoms with Gasteiger partial charge in [0.2, 0.25) is 0 Å². The predicted molar refractivity (Wildman–Crippen MR) is 82.0 cm³/mol. The summed E-state index contributed by atoms with van der Waals surface area (Å²) in [5.74, 6) is -0.650. The Bertz CT molecular complexity index is 899. The van der Waals surface area contributed by atoms with Gasteiger partial charge in [0.25, 0.3) is 0 Å². The molecule has 4 aromatic rings. The number of pyridine rings is 2. The van der Waals surface area contributed by atoms with Gasteiger partial charge in [0.1, 0.15) is 33.0 Å². The van der Waals surface area contributed by atoms with Crippen molar-refractivity contribution in [2.24, 2.45) is 0 Å². The van der Waals surface area contributed by atoms with Crippen molar-refractivity contribution in [3.05, 3.63) is 60.7 Å². The van der Waals surface area contributed by atoms with Gasteiger partial charge in [-0.15, -0.1) is 0 Å². The lowest BCUT2D eigenvalue weighted by Crippen LogP contribution is -1.88. The van der Waals surface area contributed by atoms with E-state index in [1.54, 1.807) is 33.3 Å². The first-order chi connectivity index (χ1) is 10.7. The average Bonchev–Trinajstić information content (AvgIpc) is 3.08. The highest BCUT2D eigenvalue weighted by molar-refractivity contribution is 8.76. The van der Waals surface area contributed by atoms with Gasteiger partial charge >= 0.3 is 0 Å². The van der Waals surface area contributed by atoms with Gasteiger partial charge in [-0.2, -0.15) is 0 Å². The van der Waals surface area contributed by atoms with Crippen LogP contribution in [0.4, 0.5) is 8.78 Å². The van der Waals surface area contributed by atoms with Crippen LogP contribution in [0.1, 0.15) is 0 Å². The van der Waals surface area contributed by atoms with E-state index in [9.17, 15) is 8.78 Å². The topological polar surface area (TPSA) is 34.6 Å². The van der Waals surface area contributed by atoms with Crippen LogP contribution in [0, 0.1) is 11.6 Å². The van der Waals surface area contributed by atoms with E-state index in [0.717, 1.165) is 10.1 Å². The molecule has 0 radical (unpaired) electrons. The Morgan fingerprint density at radius 1 is 0.727 bits per heavy atom. The first-order valence-electron chi connectivity index (χ1n) is 6.30. The zero-order valence-corrected chi connectivity index (χ0v) is 12.6. The maximum absolute atomic E-state index is 13.3. The molecule has 0 saturated carbocycles. The number of halogens is 2. The molecule has 0 aromatic carbocycles. The van der Waals surface area contributed by atoms with E-state index < -0.39 is 0 Å². The molecule has 4 rings (SSSR count).